The van der Waals surface area contributed by atoms with Crippen LogP contribution in [0.2, 0.25) is 0 Å². The zero-order valence-corrected chi connectivity index (χ0v) is 35.3. The molecule has 6 heterocycles. The lowest BCUT2D eigenvalue weighted by molar-refractivity contribution is 0.0991. The molecule has 0 saturated carbocycles. The monoisotopic (exact) mass is 846 g/mol. The minimum Gasteiger partial charge on any atom is -0.494 e. The molecule has 0 spiro atoms. The minimum atomic E-state index is -0.672. The van der Waals surface area contributed by atoms with Crippen LogP contribution >= 0.6 is 0 Å². The van der Waals surface area contributed by atoms with Gasteiger partial charge in [-0.1, -0.05) is 12.2 Å². The van der Waals surface area contributed by atoms with Crippen LogP contribution in [-0.2, 0) is 37.5 Å². The maximum Gasteiger partial charge on any atom is 0.278 e. The highest BCUT2D eigenvalue weighted by Gasteiger charge is 2.37. The van der Waals surface area contributed by atoms with Crippen molar-refractivity contribution < 1.29 is 28.7 Å². The second-order valence-electron chi connectivity index (χ2n) is 15.7. The van der Waals surface area contributed by atoms with E-state index >= 15 is 0 Å². The van der Waals surface area contributed by atoms with Crippen LogP contribution < -0.4 is 32.6 Å². The second kappa shape index (κ2) is 16.8. The Labute approximate surface area is 356 Å². The molecule has 62 heavy (non-hydrogen) atoms. The number of allylic oxidation sites excluding steroid dienone is 2. The lowest BCUT2D eigenvalue weighted by Gasteiger charge is -2.19. The molecule has 8 N–H and O–H groups in total. The summed E-state index contributed by atoms with van der Waals surface area (Å²) in [5, 5.41) is 14.7. The molecule has 2 atom stereocenters. The molecule has 4 amide bonds. The zero-order valence-electron chi connectivity index (χ0n) is 35.3. The molecule has 2 aliphatic heterocycles. The van der Waals surface area contributed by atoms with E-state index in [-0.39, 0.29) is 41.9 Å². The molecule has 0 radical (unpaired) electrons. The van der Waals surface area contributed by atoms with Gasteiger partial charge in [-0.3, -0.25) is 44.1 Å². The predicted molar refractivity (Wildman–Crippen MR) is 231 cm³/mol. The Morgan fingerprint density at radius 3 is 1.98 bits per heavy atom. The molecule has 0 aliphatic carbocycles. The largest absolute Gasteiger partial charge is 0.494 e. The Hall–Kier alpha value is -7.06. The number of carbonyl (C=O) groups excluding carboxylic acids is 4. The third kappa shape index (κ3) is 7.73. The van der Waals surface area contributed by atoms with Crippen molar-refractivity contribution in [3.8, 4) is 5.75 Å². The molecule has 2 aliphatic rings. The Morgan fingerprint density at radius 1 is 0.806 bits per heavy atom. The SMILES string of the molecule is CCn1nc(C)cc1C(=O)Nc1nc2cc(C(N)=O)cc(CN3CC4COCC4C3)c2n1C/C=C/Cn1c(NC(=O)c2c(N)c(C)nn2CC)nc2cc(C(N)=O)cc(OC)c21. The van der Waals surface area contributed by atoms with Crippen LogP contribution in [0.1, 0.15) is 72.5 Å². The van der Waals surface area contributed by atoms with Crippen LogP contribution in [0.25, 0.3) is 22.1 Å². The van der Waals surface area contributed by atoms with Gasteiger partial charge >= 0.3 is 0 Å². The first-order chi connectivity index (χ1) is 29.8. The second-order valence-corrected chi connectivity index (χ2v) is 15.7. The molecule has 0 bridgehead atoms. The van der Waals surface area contributed by atoms with E-state index in [0.717, 1.165) is 37.4 Å². The van der Waals surface area contributed by atoms with Gasteiger partial charge in [0.25, 0.3) is 11.8 Å². The topological polar surface area (TPSA) is 263 Å². The maximum atomic E-state index is 13.9. The number of anilines is 3. The number of aromatic nitrogens is 8. The number of carbonyl (C=O) groups is 4. The number of rotatable bonds is 15. The van der Waals surface area contributed by atoms with Crippen molar-refractivity contribution >= 4 is 63.3 Å². The zero-order chi connectivity index (χ0) is 44.0. The van der Waals surface area contributed by atoms with Gasteiger partial charge in [0.1, 0.15) is 22.7 Å². The smallest absolute Gasteiger partial charge is 0.278 e. The normalized spacial score (nSPS) is 16.5. The summed E-state index contributed by atoms with van der Waals surface area (Å²) in [5.74, 6) is -0.594. The van der Waals surface area contributed by atoms with Crippen LogP contribution in [-0.4, -0.2) is 101 Å². The van der Waals surface area contributed by atoms with E-state index in [2.05, 4.69) is 25.7 Å². The number of amides is 4. The fourth-order valence-corrected chi connectivity index (χ4v) is 8.57. The van der Waals surface area contributed by atoms with Gasteiger partial charge in [0.15, 0.2) is 0 Å². The first-order valence-corrected chi connectivity index (χ1v) is 20.4. The van der Waals surface area contributed by atoms with Crippen LogP contribution in [0.5, 0.6) is 5.75 Å². The molecule has 8 rings (SSSR count). The summed E-state index contributed by atoms with van der Waals surface area (Å²) in [6.07, 6.45) is 3.77. The number of nitrogen functional groups attached to an aromatic ring is 1. The van der Waals surface area contributed by atoms with E-state index in [1.807, 2.05) is 37.5 Å². The Balaban J connectivity index is 1.18. The summed E-state index contributed by atoms with van der Waals surface area (Å²) in [7, 11) is 1.46. The van der Waals surface area contributed by atoms with Crippen LogP contribution in [0, 0.1) is 25.7 Å². The molecular weight excluding hydrogens is 797 g/mol. The maximum absolute atomic E-state index is 13.9. The predicted octanol–water partition coefficient (Wildman–Crippen LogP) is 3.06. The number of primary amides is 2. The Bertz CT molecular complexity index is 2780. The van der Waals surface area contributed by atoms with Gasteiger partial charge in [0.05, 0.1) is 53.9 Å². The molecular formula is C42H50N14O6. The van der Waals surface area contributed by atoms with E-state index in [1.54, 1.807) is 34.4 Å². The van der Waals surface area contributed by atoms with Crippen LogP contribution in [0.4, 0.5) is 17.6 Å². The van der Waals surface area contributed by atoms with E-state index in [1.165, 1.54) is 23.9 Å². The molecule has 2 unspecified atom stereocenters. The van der Waals surface area contributed by atoms with Crippen molar-refractivity contribution in [1.29, 1.82) is 0 Å². The molecule has 4 aromatic heterocycles. The fraction of sp³-hybridized carbons (Fsp3) is 0.381. The number of imidazole rings is 2. The van der Waals surface area contributed by atoms with Gasteiger partial charge in [-0.25, -0.2) is 9.97 Å². The van der Waals surface area contributed by atoms with Crippen molar-refractivity contribution in [2.24, 2.45) is 23.3 Å². The molecule has 6 aromatic rings. The van der Waals surface area contributed by atoms with E-state index in [4.69, 9.17) is 36.6 Å². The number of hydrogen-bond acceptors (Lipinski definition) is 12. The van der Waals surface area contributed by atoms with Crippen molar-refractivity contribution in [3.63, 3.8) is 0 Å². The third-order valence-corrected chi connectivity index (χ3v) is 11.5. The van der Waals surface area contributed by atoms with Gasteiger partial charge in [0, 0.05) is 68.8 Å². The highest BCUT2D eigenvalue weighted by Crippen LogP contribution is 2.34. The highest BCUT2D eigenvalue weighted by molar-refractivity contribution is 6.07. The third-order valence-electron chi connectivity index (χ3n) is 11.5. The Kier molecular flexibility index (Phi) is 11.3. The average Bonchev–Trinajstić information content (AvgIpc) is 4.09. The van der Waals surface area contributed by atoms with Gasteiger partial charge in [-0.15, -0.1) is 0 Å². The van der Waals surface area contributed by atoms with Gasteiger partial charge in [0.2, 0.25) is 23.7 Å². The number of likely N-dealkylation sites (tertiary alicyclic amines) is 1. The van der Waals surface area contributed by atoms with Crippen molar-refractivity contribution in [3.05, 3.63) is 81.9 Å². The van der Waals surface area contributed by atoms with Crippen molar-refractivity contribution in [2.45, 2.75) is 60.4 Å². The number of nitrogens with zero attached hydrogens (tertiary/aromatic N) is 9. The minimum absolute atomic E-state index is 0.154. The van der Waals surface area contributed by atoms with E-state index < -0.39 is 23.6 Å². The summed E-state index contributed by atoms with van der Waals surface area (Å²) in [4.78, 5) is 64.6. The lowest BCUT2D eigenvalue weighted by atomic mass is 10.0. The molecule has 2 saturated heterocycles. The lowest BCUT2D eigenvalue weighted by Crippen LogP contribution is -2.23. The van der Waals surface area contributed by atoms with E-state index in [9.17, 15) is 19.2 Å². The van der Waals surface area contributed by atoms with Gasteiger partial charge in [-0.2, -0.15) is 10.2 Å². The molecule has 324 valence electrons. The molecule has 20 heteroatoms. The highest BCUT2D eigenvalue weighted by atomic mass is 16.5. The molecule has 2 fully saturated rings. The number of ether oxygens (including phenoxy) is 2. The van der Waals surface area contributed by atoms with Gasteiger partial charge in [-0.05, 0) is 63.6 Å². The van der Waals surface area contributed by atoms with Gasteiger partial charge < -0.3 is 35.8 Å². The summed E-state index contributed by atoms with van der Waals surface area (Å²) in [6.45, 7) is 12.2. The average molecular weight is 847 g/mol. The van der Waals surface area contributed by atoms with Crippen molar-refractivity contribution in [2.75, 3.05) is 49.8 Å². The molecule has 2 aromatic carbocycles. The number of aryl methyl sites for hydroxylation is 4. The quantitative estimate of drug-likeness (QED) is 0.0935. The van der Waals surface area contributed by atoms with Crippen LogP contribution in [0.3, 0.4) is 0 Å². The summed E-state index contributed by atoms with van der Waals surface area (Å²) in [5.41, 5.74) is 23.2. The fourth-order valence-electron chi connectivity index (χ4n) is 8.57. The Morgan fingerprint density at radius 2 is 1.39 bits per heavy atom. The summed E-state index contributed by atoms with van der Waals surface area (Å²) in [6, 6.07) is 8.21. The first-order valence-electron chi connectivity index (χ1n) is 20.4. The van der Waals surface area contributed by atoms with Crippen LogP contribution in [0.15, 0.2) is 42.5 Å². The standard InChI is InChI=1S/C42H50N14O6/c1-6-55-31(12-22(3)50-55)39(59)48-41-46-29-14-24(37(44)57)13-26(17-52-18-27-20-62-21-28(27)19-52)34(29)53(41)10-8-9-11-54-35-30(15-25(38(45)58)16-32(35)61-5)47-42(54)49-40(60)36-33(43)23(4)51-56(36)7-2/h8-9,12-16,27-28H,6-7,10-11,17-21,43H2,1-5H3,(H2,44,57)(H2,45,58)(H,46,48,59)(H,47,49,60)/b9-8+. The number of benzene rings is 2. The number of nitrogens with one attached hydrogen (secondary N) is 2. The molecule has 20 nitrogen and oxygen atoms in total. The number of hydrogen-bond donors (Lipinski definition) is 5. The van der Waals surface area contributed by atoms with E-state index in [0.29, 0.717) is 76.4 Å². The summed E-state index contributed by atoms with van der Waals surface area (Å²) >= 11 is 0. The van der Waals surface area contributed by atoms with Crippen molar-refractivity contribution in [1.82, 2.24) is 43.6 Å². The number of nitrogens with two attached hydrogens (primary N) is 3. The first kappa shape index (κ1) is 41.7. The number of methoxy groups -OCH3 is 1. The summed E-state index contributed by atoms with van der Waals surface area (Å²) < 4.78 is 18.2. The number of fused-ring (bicyclic) bond motifs is 3.